The Morgan fingerprint density at radius 2 is 1.91 bits per heavy atom. The first kappa shape index (κ1) is 25.6. The van der Waals surface area contributed by atoms with Crippen LogP contribution < -0.4 is 10.9 Å². The third kappa shape index (κ3) is 5.38. The lowest BCUT2D eigenvalue weighted by molar-refractivity contribution is -0.152. The first-order chi connectivity index (χ1) is 16.0. The number of hydrogen-bond acceptors (Lipinski definition) is 7. The Labute approximate surface area is 199 Å². The molecule has 2 heterocycles. The first-order valence-electron chi connectivity index (χ1n) is 11.4. The number of aliphatic hydroxyl groups is 2. The minimum Gasteiger partial charge on any atom is -0.462 e. The fourth-order valence-electron chi connectivity index (χ4n) is 3.97. The van der Waals surface area contributed by atoms with E-state index in [9.17, 15) is 19.8 Å². The van der Waals surface area contributed by atoms with Crippen LogP contribution in [0.4, 0.5) is 0 Å². The number of aryl methyl sites for hydroxylation is 2. The maximum Gasteiger partial charge on any atom is 0.326 e. The lowest BCUT2D eigenvalue weighted by atomic mass is 10.1. The molecular weight excluding hydrogens is 436 g/mol. The third-order valence-electron chi connectivity index (χ3n) is 5.69. The van der Waals surface area contributed by atoms with Crippen LogP contribution >= 0.6 is 0 Å². The van der Waals surface area contributed by atoms with Crippen molar-refractivity contribution in [3.8, 4) is 11.4 Å². The number of imidazole rings is 1. The quantitative estimate of drug-likeness (QED) is 0.410. The van der Waals surface area contributed by atoms with Gasteiger partial charge < -0.3 is 24.1 Å². The monoisotopic (exact) mass is 470 g/mol. The minimum absolute atomic E-state index is 0.0689. The fraction of sp³-hybridized carbons (Fsp3) is 0.480. The van der Waals surface area contributed by atoms with Gasteiger partial charge in [-0.1, -0.05) is 6.07 Å². The van der Waals surface area contributed by atoms with Crippen molar-refractivity contribution >= 4 is 17.0 Å². The van der Waals surface area contributed by atoms with Gasteiger partial charge in [0.2, 0.25) is 0 Å². The average Bonchev–Trinajstić information content (AvgIpc) is 3.14. The van der Waals surface area contributed by atoms with E-state index in [2.05, 4.69) is 5.32 Å². The van der Waals surface area contributed by atoms with Crippen LogP contribution in [0.5, 0.6) is 0 Å². The Balaban J connectivity index is 1.98. The predicted molar refractivity (Wildman–Crippen MR) is 130 cm³/mol. The maximum atomic E-state index is 12.3. The molecule has 0 radical (unpaired) electrons. The summed E-state index contributed by atoms with van der Waals surface area (Å²) in [6.45, 7) is 9.00. The topological polar surface area (TPSA) is 119 Å². The third-order valence-corrected chi connectivity index (χ3v) is 5.69. The zero-order valence-corrected chi connectivity index (χ0v) is 20.6. The molecule has 9 nitrogen and oxygen atoms in total. The lowest BCUT2D eigenvalue weighted by Gasteiger charge is -2.21. The Hall–Kier alpha value is -3.01. The van der Waals surface area contributed by atoms with Crippen molar-refractivity contribution in [2.45, 2.75) is 65.5 Å². The van der Waals surface area contributed by atoms with E-state index in [1.807, 2.05) is 29.7 Å². The number of carbonyl (C=O) groups is 1. The van der Waals surface area contributed by atoms with Gasteiger partial charge in [0.05, 0.1) is 35.9 Å². The fourth-order valence-corrected chi connectivity index (χ4v) is 3.97. The highest BCUT2D eigenvalue weighted by Crippen LogP contribution is 2.29. The number of pyridine rings is 1. The molecule has 0 fully saturated rings. The number of benzene rings is 1. The Morgan fingerprint density at radius 3 is 2.50 bits per heavy atom. The van der Waals surface area contributed by atoms with E-state index < -0.39 is 18.1 Å². The molecule has 184 valence electrons. The second-order valence-corrected chi connectivity index (χ2v) is 9.07. The van der Waals surface area contributed by atoms with Crippen LogP contribution in [-0.4, -0.2) is 55.2 Å². The van der Waals surface area contributed by atoms with Crippen molar-refractivity contribution < 1.29 is 19.7 Å². The average molecular weight is 471 g/mol. The summed E-state index contributed by atoms with van der Waals surface area (Å²) in [6.07, 6.45) is 0.552. The molecule has 0 aliphatic heterocycles. The smallest absolute Gasteiger partial charge is 0.326 e. The number of nitrogens with zero attached hydrogens (tertiary/aromatic N) is 3. The molecule has 3 atom stereocenters. The normalized spacial score (nSPS) is 14.4. The molecule has 2 aromatic heterocycles. The summed E-state index contributed by atoms with van der Waals surface area (Å²) < 4.78 is 8.73. The number of rotatable bonds is 9. The van der Waals surface area contributed by atoms with Crippen LogP contribution in [0.3, 0.4) is 0 Å². The standard InChI is InChI=1S/C25H34N4O5/c1-14(2)34-25(33)22(17(5)31)26-11-18-7-8-21-20(10-18)27-23(29(21)16(4)13-30)19-9-15(3)24(32)28(6)12-19/h7-10,12,14,16-17,22,26,30-31H,11,13H2,1-6H3/t16-,17-,22-/m1/s1. The SMILES string of the molecule is Cc1cc(-c2nc3cc(CN[C@@H](C(=O)OC(C)C)[C@@H](C)O)ccc3n2[C@H](C)CO)cn(C)c1=O. The summed E-state index contributed by atoms with van der Waals surface area (Å²) in [5.41, 5.74) is 3.76. The second kappa shape index (κ2) is 10.5. The lowest BCUT2D eigenvalue weighted by Crippen LogP contribution is -2.46. The highest BCUT2D eigenvalue weighted by atomic mass is 16.5. The molecule has 1 aromatic carbocycles. The number of aliphatic hydroxyl groups excluding tert-OH is 2. The number of esters is 1. The maximum absolute atomic E-state index is 12.3. The summed E-state index contributed by atoms with van der Waals surface area (Å²) in [5, 5.41) is 23.0. The number of aromatic nitrogens is 3. The van der Waals surface area contributed by atoms with Gasteiger partial charge in [-0.2, -0.15) is 0 Å². The van der Waals surface area contributed by atoms with E-state index in [0.717, 1.165) is 22.2 Å². The van der Waals surface area contributed by atoms with E-state index in [4.69, 9.17) is 9.72 Å². The summed E-state index contributed by atoms with van der Waals surface area (Å²) in [6, 6.07) is 6.48. The van der Waals surface area contributed by atoms with Crippen LogP contribution in [0.1, 0.15) is 44.9 Å². The molecular formula is C25H34N4O5. The molecule has 0 aliphatic carbocycles. The van der Waals surface area contributed by atoms with Crippen molar-refractivity contribution in [2.75, 3.05) is 6.61 Å². The second-order valence-electron chi connectivity index (χ2n) is 9.07. The van der Waals surface area contributed by atoms with Gasteiger partial charge in [-0.3, -0.25) is 14.9 Å². The van der Waals surface area contributed by atoms with Crippen LogP contribution in [0.25, 0.3) is 22.4 Å². The zero-order valence-electron chi connectivity index (χ0n) is 20.6. The molecule has 0 bridgehead atoms. The van der Waals surface area contributed by atoms with E-state index in [1.165, 1.54) is 4.57 Å². The summed E-state index contributed by atoms with van der Waals surface area (Å²) in [4.78, 5) is 29.3. The predicted octanol–water partition coefficient (Wildman–Crippen LogP) is 2.05. The zero-order chi connectivity index (χ0) is 25.2. The Morgan fingerprint density at radius 1 is 1.21 bits per heavy atom. The van der Waals surface area contributed by atoms with Crippen molar-refractivity contribution in [3.05, 3.63) is 51.9 Å². The molecule has 0 saturated heterocycles. The van der Waals surface area contributed by atoms with Crippen molar-refractivity contribution in [3.63, 3.8) is 0 Å². The van der Waals surface area contributed by atoms with Gasteiger partial charge >= 0.3 is 5.97 Å². The molecule has 3 N–H and O–H groups in total. The molecule has 0 saturated carbocycles. The largest absolute Gasteiger partial charge is 0.462 e. The summed E-state index contributed by atoms with van der Waals surface area (Å²) in [7, 11) is 1.70. The van der Waals surface area contributed by atoms with Gasteiger partial charge in [0.25, 0.3) is 5.56 Å². The Bertz CT molecular complexity index is 1200. The number of ether oxygens (including phenoxy) is 1. The number of carbonyl (C=O) groups excluding carboxylic acids is 1. The van der Waals surface area contributed by atoms with Crippen LogP contribution in [0.2, 0.25) is 0 Å². The van der Waals surface area contributed by atoms with Gasteiger partial charge in [-0.25, -0.2) is 4.98 Å². The molecule has 0 aliphatic rings. The molecule has 0 amide bonds. The van der Waals surface area contributed by atoms with Crippen LogP contribution in [0.15, 0.2) is 35.3 Å². The van der Waals surface area contributed by atoms with Gasteiger partial charge in [0.1, 0.15) is 11.9 Å². The first-order valence-corrected chi connectivity index (χ1v) is 11.4. The number of hydrogen-bond donors (Lipinski definition) is 3. The number of fused-ring (bicyclic) bond motifs is 1. The molecule has 0 unspecified atom stereocenters. The minimum atomic E-state index is -0.917. The number of nitrogens with one attached hydrogen (secondary N) is 1. The van der Waals surface area contributed by atoms with Crippen molar-refractivity contribution in [1.29, 1.82) is 0 Å². The molecule has 3 rings (SSSR count). The summed E-state index contributed by atoms with van der Waals surface area (Å²) in [5.74, 6) is 0.155. The molecule has 0 spiro atoms. The van der Waals surface area contributed by atoms with Crippen molar-refractivity contribution in [2.24, 2.45) is 7.05 Å². The van der Waals surface area contributed by atoms with E-state index >= 15 is 0 Å². The highest BCUT2D eigenvalue weighted by molar-refractivity contribution is 5.81. The summed E-state index contributed by atoms with van der Waals surface area (Å²) >= 11 is 0. The van der Waals surface area contributed by atoms with Crippen molar-refractivity contribution in [1.82, 2.24) is 19.4 Å². The molecule has 3 aromatic rings. The van der Waals surface area contributed by atoms with E-state index in [1.54, 1.807) is 47.0 Å². The van der Waals surface area contributed by atoms with E-state index in [-0.39, 0.29) is 24.3 Å². The van der Waals surface area contributed by atoms with E-state index in [0.29, 0.717) is 17.9 Å². The highest BCUT2D eigenvalue weighted by Gasteiger charge is 2.26. The van der Waals surface area contributed by atoms with Gasteiger partial charge in [-0.05, 0) is 58.4 Å². The van der Waals surface area contributed by atoms with Crippen LogP contribution in [-0.2, 0) is 23.1 Å². The molecule has 9 heteroatoms. The van der Waals surface area contributed by atoms with Gasteiger partial charge in [0, 0.05) is 30.9 Å². The van der Waals surface area contributed by atoms with Gasteiger partial charge in [-0.15, -0.1) is 0 Å². The Kier molecular flexibility index (Phi) is 7.91. The molecule has 34 heavy (non-hydrogen) atoms. The van der Waals surface area contributed by atoms with Gasteiger partial charge in [0.15, 0.2) is 0 Å². The van der Waals surface area contributed by atoms with Crippen LogP contribution in [0, 0.1) is 6.92 Å².